The van der Waals surface area contributed by atoms with Gasteiger partial charge in [-0.25, -0.2) is 4.79 Å². The van der Waals surface area contributed by atoms with E-state index < -0.39 is 6.09 Å². The predicted octanol–water partition coefficient (Wildman–Crippen LogP) is 4.67. The van der Waals surface area contributed by atoms with Crippen LogP contribution in [0.4, 0.5) is 9.80 Å². The number of amides is 2. The lowest BCUT2D eigenvalue weighted by molar-refractivity contribution is -0.116. The summed E-state index contributed by atoms with van der Waals surface area (Å²) < 4.78 is 16.1. The van der Waals surface area contributed by atoms with Crippen molar-refractivity contribution in [3.8, 4) is 11.8 Å². The number of nitrogens with one attached hydrogen (secondary N) is 2. The first-order chi connectivity index (χ1) is 17.5. The third-order valence-corrected chi connectivity index (χ3v) is 7.19. The maximum Gasteiger partial charge on any atom is 0.407 e. The van der Waals surface area contributed by atoms with Crippen LogP contribution >= 0.6 is 11.3 Å². The normalized spacial score (nSPS) is 14.4. The molecule has 9 nitrogen and oxygen atoms in total. The maximum absolute atomic E-state index is 12.7. The number of carbonyl (C=O) groups excluding carboxylic acids is 2. The smallest absolute Gasteiger partial charge is 0.407 e. The zero-order valence-electron chi connectivity index (χ0n) is 20.3. The van der Waals surface area contributed by atoms with Gasteiger partial charge < -0.3 is 24.6 Å². The van der Waals surface area contributed by atoms with Gasteiger partial charge in [0.2, 0.25) is 5.91 Å². The van der Waals surface area contributed by atoms with E-state index in [9.17, 15) is 14.9 Å². The minimum absolute atomic E-state index is 0.160. The maximum atomic E-state index is 12.7. The number of fused-ring (bicyclic) bond motifs is 1. The first-order valence-electron chi connectivity index (χ1n) is 11.9. The van der Waals surface area contributed by atoms with Gasteiger partial charge in [-0.3, -0.25) is 4.79 Å². The highest BCUT2D eigenvalue weighted by atomic mass is 32.1. The van der Waals surface area contributed by atoms with Crippen molar-refractivity contribution < 1.29 is 23.6 Å². The molecule has 0 radical (unpaired) electrons. The number of aromatic nitrogens is 1. The number of alkyl carbamates (subject to hydrolysis) is 1. The Morgan fingerprint density at radius 2 is 2.14 bits per heavy atom. The molecule has 1 aliphatic carbocycles. The van der Waals surface area contributed by atoms with Gasteiger partial charge >= 0.3 is 6.09 Å². The van der Waals surface area contributed by atoms with Crippen LogP contribution in [0.15, 0.2) is 35.1 Å². The molecule has 188 valence electrons. The molecule has 10 heteroatoms. The van der Waals surface area contributed by atoms with Crippen molar-refractivity contribution in [2.75, 3.05) is 11.9 Å². The predicted molar refractivity (Wildman–Crippen MR) is 134 cm³/mol. The molecule has 0 saturated heterocycles. The second kappa shape index (κ2) is 11.7. The molecule has 1 unspecified atom stereocenters. The highest BCUT2D eigenvalue weighted by Gasteiger charge is 2.28. The molecule has 4 rings (SSSR count). The summed E-state index contributed by atoms with van der Waals surface area (Å²) in [7, 11) is 0. The van der Waals surface area contributed by atoms with Gasteiger partial charge in [-0.2, -0.15) is 5.26 Å². The van der Waals surface area contributed by atoms with Crippen molar-refractivity contribution in [1.29, 1.82) is 5.26 Å². The van der Waals surface area contributed by atoms with Crippen LogP contribution in [-0.4, -0.2) is 29.9 Å². The second-order valence-corrected chi connectivity index (χ2v) is 9.56. The van der Waals surface area contributed by atoms with E-state index in [4.69, 9.17) is 14.0 Å². The second-order valence-electron chi connectivity index (χ2n) is 8.46. The fraction of sp³-hybridized carbons (Fsp3) is 0.385. The van der Waals surface area contributed by atoms with E-state index in [1.54, 1.807) is 6.92 Å². The van der Waals surface area contributed by atoms with Gasteiger partial charge in [-0.1, -0.05) is 23.4 Å². The lowest BCUT2D eigenvalue weighted by Crippen LogP contribution is -2.31. The van der Waals surface area contributed by atoms with E-state index in [-0.39, 0.29) is 25.0 Å². The monoisotopic (exact) mass is 508 g/mol. The van der Waals surface area contributed by atoms with Crippen LogP contribution in [0.3, 0.4) is 0 Å². The number of ether oxygens (including phenoxy) is 2. The third kappa shape index (κ3) is 6.04. The Kier molecular flexibility index (Phi) is 8.23. The minimum Gasteiger partial charge on any atom is -0.494 e. The van der Waals surface area contributed by atoms with Crippen LogP contribution in [0.1, 0.15) is 52.6 Å². The van der Waals surface area contributed by atoms with Gasteiger partial charge in [0, 0.05) is 23.3 Å². The summed E-state index contributed by atoms with van der Waals surface area (Å²) in [6.07, 6.45) is 3.21. The zero-order valence-corrected chi connectivity index (χ0v) is 21.1. The van der Waals surface area contributed by atoms with E-state index in [1.165, 1.54) is 17.6 Å². The minimum atomic E-state index is -0.512. The number of hydrogen-bond acceptors (Lipinski definition) is 8. The van der Waals surface area contributed by atoms with Crippen LogP contribution < -0.4 is 15.4 Å². The molecule has 0 spiro atoms. The Labute approximate surface area is 213 Å². The Hall–Kier alpha value is -3.84. The van der Waals surface area contributed by atoms with Crippen molar-refractivity contribution in [1.82, 2.24) is 10.5 Å². The average Bonchev–Trinajstić information content (AvgIpc) is 3.43. The number of nitrogens with zero attached hydrogens (tertiary/aromatic N) is 2. The average molecular weight is 509 g/mol. The summed E-state index contributed by atoms with van der Waals surface area (Å²) in [5.74, 6) is 0.622. The number of thiophene rings is 1. The summed E-state index contributed by atoms with van der Waals surface area (Å²) in [5.41, 5.74) is 3.91. The first kappa shape index (κ1) is 25.3. The molecule has 2 heterocycles. The van der Waals surface area contributed by atoms with Crippen LogP contribution in [0.5, 0.6) is 5.75 Å². The summed E-state index contributed by atoms with van der Waals surface area (Å²) >= 11 is 1.38. The largest absolute Gasteiger partial charge is 0.494 e. The van der Waals surface area contributed by atoms with Crippen molar-refractivity contribution in [3.05, 3.63) is 63.4 Å². The van der Waals surface area contributed by atoms with Gasteiger partial charge in [0.25, 0.3) is 0 Å². The van der Waals surface area contributed by atoms with Crippen molar-refractivity contribution >= 4 is 28.3 Å². The number of nitriles is 1. The van der Waals surface area contributed by atoms with Gasteiger partial charge in [0.1, 0.15) is 29.2 Å². The highest BCUT2D eigenvalue weighted by Crippen LogP contribution is 2.38. The van der Waals surface area contributed by atoms with Gasteiger partial charge in [-0.15, -0.1) is 11.3 Å². The fourth-order valence-electron chi connectivity index (χ4n) is 4.15. The Morgan fingerprint density at radius 3 is 2.89 bits per heavy atom. The van der Waals surface area contributed by atoms with Gasteiger partial charge in [0.15, 0.2) is 0 Å². The van der Waals surface area contributed by atoms with Crippen LogP contribution in [0.2, 0.25) is 0 Å². The van der Waals surface area contributed by atoms with Crippen LogP contribution in [0, 0.1) is 18.3 Å². The number of aryl methyl sites for hydroxylation is 2. The number of carbonyl (C=O) groups is 2. The molecule has 3 aromatic rings. The standard InChI is InChI=1S/C26H28N4O5S/c1-3-33-22-7-5-4-6-17(22)8-11-24(31)29-25-21(13-27)20-10-9-19(12-23(20)36-25)35-26(32)28-14-18-15-34-30-16(18)2/h4-7,15,19H,3,8-12,14H2,1-2H3,(H,28,32)(H,29,31). The van der Waals surface area contributed by atoms with E-state index in [1.807, 2.05) is 31.2 Å². The Balaban J connectivity index is 1.33. The summed E-state index contributed by atoms with van der Waals surface area (Å²) in [6.45, 7) is 4.56. The summed E-state index contributed by atoms with van der Waals surface area (Å²) in [4.78, 5) is 25.9. The lowest BCUT2D eigenvalue weighted by atomic mass is 9.94. The van der Waals surface area contributed by atoms with Crippen LogP contribution in [-0.2, 0) is 35.3 Å². The summed E-state index contributed by atoms with van der Waals surface area (Å²) in [5, 5.41) is 19.7. The number of rotatable bonds is 9. The fourth-order valence-corrected chi connectivity index (χ4v) is 5.43. The number of benzene rings is 1. The Bertz CT molecular complexity index is 1280. The molecule has 0 fully saturated rings. The molecule has 0 aliphatic heterocycles. The molecule has 2 aromatic heterocycles. The molecule has 2 amide bonds. The van der Waals surface area contributed by atoms with E-state index in [0.29, 0.717) is 48.5 Å². The molecule has 2 N–H and O–H groups in total. The van der Waals surface area contributed by atoms with Crippen molar-refractivity contribution in [3.63, 3.8) is 0 Å². The third-order valence-electron chi connectivity index (χ3n) is 6.02. The molecule has 0 saturated carbocycles. The van der Waals surface area contributed by atoms with E-state index >= 15 is 0 Å². The van der Waals surface area contributed by atoms with E-state index in [2.05, 4.69) is 21.9 Å². The zero-order chi connectivity index (χ0) is 25.5. The molecule has 1 aliphatic rings. The molecular weight excluding hydrogens is 480 g/mol. The number of anilines is 1. The Morgan fingerprint density at radius 1 is 1.31 bits per heavy atom. The highest BCUT2D eigenvalue weighted by molar-refractivity contribution is 7.16. The molecule has 36 heavy (non-hydrogen) atoms. The van der Waals surface area contributed by atoms with Gasteiger partial charge in [0.05, 0.1) is 24.4 Å². The van der Waals surface area contributed by atoms with Gasteiger partial charge in [-0.05, 0) is 50.3 Å². The molecule has 0 bridgehead atoms. The quantitative estimate of drug-likeness (QED) is 0.430. The molecule has 1 atom stereocenters. The topological polar surface area (TPSA) is 126 Å². The lowest BCUT2D eigenvalue weighted by Gasteiger charge is -2.22. The number of para-hydroxylation sites is 1. The van der Waals surface area contributed by atoms with Crippen molar-refractivity contribution in [2.45, 2.75) is 58.6 Å². The van der Waals surface area contributed by atoms with Crippen molar-refractivity contribution in [2.24, 2.45) is 0 Å². The molecule has 1 aromatic carbocycles. The first-order valence-corrected chi connectivity index (χ1v) is 12.7. The number of hydrogen-bond donors (Lipinski definition) is 2. The molecular formula is C26H28N4O5S. The SMILES string of the molecule is CCOc1ccccc1CCC(=O)Nc1sc2c(c1C#N)CCC(OC(=O)NCc1conc1C)C2. The van der Waals surface area contributed by atoms with E-state index in [0.717, 1.165) is 27.3 Å². The summed E-state index contributed by atoms with van der Waals surface area (Å²) in [6, 6.07) is 9.92. The van der Waals surface area contributed by atoms with Crippen LogP contribution in [0.25, 0.3) is 0 Å².